The van der Waals surface area contributed by atoms with E-state index in [-0.39, 0.29) is 16.1 Å². The van der Waals surface area contributed by atoms with Crippen molar-refractivity contribution < 1.29 is 44.2 Å². The zero-order chi connectivity index (χ0) is 25.2. The Balaban J connectivity index is 2.44. The fourth-order valence-electron chi connectivity index (χ4n) is 2.50. The highest BCUT2D eigenvalue weighted by Gasteiger charge is 2.32. The average molecular weight is 520 g/mol. The zero-order valence-electron chi connectivity index (χ0n) is 17.6. The molecule has 13 heteroatoms. The van der Waals surface area contributed by atoms with Crippen molar-refractivity contribution in [3.05, 3.63) is 47.0 Å². The fourth-order valence-corrected chi connectivity index (χ4v) is 4.02. The van der Waals surface area contributed by atoms with Gasteiger partial charge in [-0.25, -0.2) is 8.42 Å². The van der Waals surface area contributed by atoms with Crippen LogP contribution in [0.3, 0.4) is 0 Å². The smallest absolute Gasteiger partial charge is 0.422 e. The van der Waals surface area contributed by atoms with Gasteiger partial charge in [0.1, 0.15) is 16.4 Å². The van der Waals surface area contributed by atoms with E-state index in [4.69, 9.17) is 11.6 Å². The number of halogens is 7. The Kier molecular flexibility index (Phi) is 7.74. The lowest BCUT2D eigenvalue weighted by molar-refractivity contribution is -0.154. The molecular formula is C20H20ClF6NO4S. The molecule has 0 aromatic heterocycles. The third-order valence-electron chi connectivity index (χ3n) is 4.08. The Morgan fingerprint density at radius 3 is 1.97 bits per heavy atom. The predicted octanol–water partition coefficient (Wildman–Crippen LogP) is 6.32. The quantitative estimate of drug-likeness (QED) is 0.435. The van der Waals surface area contributed by atoms with Crippen LogP contribution in [0.1, 0.15) is 26.3 Å². The Labute approximate surface area is 191 Å². The fraction of sp³-hybridized carbons (Fsp3) is 0.400. The first-order valence-corrected chi connectivity index (χ1v) is 11.1. The van der Waals surface area contributed by atoms with E-state index in [2.05, 4.69) is 14.2 Å². The topological polar surface area (TPSA) is 64.6 Å². The van der Waals surface area contributed by atoms with Crippen LogP contribution in [0.15, 0.2) is 41.3 Å². The lowest BCUT2D eigenvalue weighted by Gasteiger charge is -2.21. The van der Waals surface area contributed by atoms with Gasteiger partial charge in [0, 0.05) is 6.07 Å². The Morgan fingerprint density at radius 1 is 0.879 bits per heavy atom. The first-order valence-electron chi connectivity index (χ1n) is 9.23. The van der Waals surface area contributed by atoms with Crippen LogP contribution in [-0.4, -0.2) is 34.0 Å². The first kappa shape index (κ1) is 26.9. The summed E-state index contributed by atoms with van der Waals surface area (Å²) in [5.74, 6) is -1.28. The van der Waals surface area contributed by atoms with Crippen molar-refractivity contribution in [1.29, 1.82) is 0 Å². The minimum Gasteiger partial charge on any atom is -0.484 e. The van der Waals surface area contributed by atoms with E-state index in [1.54, 1.807) is 6.07 Å². The molecule has 0 amide bonds. The van der Waals surface area contributed by atoms with E-state index >= 15 is 0 Å². The minimum atomic E-state index is -4.79. The summed E-state index contributed by atoms with van der Waals surface area (Å²) in [7, 11) is -4.65. The maximum absolute atomic E-state index is 12.9. The molecule has 0 radical (unpaired) electrons. The second kappa shape index (κ2) is 9.49. The zero-order valence-corrected chi connectivity index (χ0v) is 19.1. The Bertz CT molecular complexity index is 1100. The van der Waals surface area contributed by atoms with Gasteiger partial charge in [-0.15, -0.1) is 0 Å². The number of benzene rings is 2. The van der Waals surface area contributed by atoms with Gasteiger partial charge in [-0.2, -0.15) is 26.3 Å². The number of ether oxygens (including phenoxy) is 2. The molecule has 0 saturated heterocycles. The molecule has 0 unspecified atom stereocenters. The highest BCUT2D eigenvalue weighted by Crippen LogP contribution is 2.35. The molecule has 0 saturated carbocycles. The van der Waals surface area contributed by atoms with Gasteiger partial charge >= 0.3 is 12.4 Å². The first-order chi connectivity index (χ1) is 14.9. The third-order valence-corrected chi connectivity index (χ3v) is 5.78. The van der Waals surface area contributed by atoms with Crippen molar-refractivity contribution in [2.45, 2.75) is 43.4 Å². The molecule has 2 aromatic carbocycles. The second-order valence-electron chi connectivity index (χ2n) is 7.97. The molecular weight excluding hydrogens is 500 g/mol. The maximum atomic E-state index is 12.9. The summed E-state index contributed by atoms with van der Waals surface area (Å²) in [6.45, 7) is 2.15. The highest BCUT2D eigenvalue weighted by atomic mass is 35.5. The normalized spacial score (nSPS) is 13.0. The van der Waals surface area contributed by atoms with Gasteiger partial charge < -0.3 is 9.47 Å². The summed E-state index contributed by atoms with van der Waals surface area (Å²) in [5.41, 5.74) is 0.393. The van der Waals surface area contributed by atoms with Crippen molar-refractivity contribution in [2.75, 3.05) is 17.9 Å². The molecule has 0 bridgehead atoms. The number of hydrogen-bond donors (Lipinski definition) is 1. The lowest BCUT2D eigenvalue weighted by atomic mass is 9.87. The Morgan fingerprint density at radius 2 is 1.45 bits per heavy atom. The van der Waals surface area contributed by atoms with E-state index in [0.717, 1.165) is 17.7 Å². The van der Waals surface area contributed by atoms with Crippen LogP contribution in [0.2, 0.25) is 5.02 Å². The van der Waals surface area contributed by atoms with Crippen LogP contribution in [0, 0.1) is 0 Å². The van der Waals surface area contributed by atoms with Crippen molar-refractivity contribution in [2.24, 2.45) is 0 Å². The summed E-state index contributed by atoms with van der Waals surface area (Å²) in [4.78, 5) is -0.859. The van der Waals surface area contributed by atoms with Gasteiger partial charge in [-0.3, -0.25) is 4.72 Å². The van der Waals surface area contributed by atoms with E-state index in [0.29, 0.717) is 6.07 Å². The number of sulfonamides is 1. The predicted molar refractivity (Wildman–Crippen MR) is 111 cm³/mol. The molecule has 0 heterocycles. The summed E-state index contributed by atoms with van der Waals surface area (Å²) >= 11 is 6.16. The summed E-state index contributed by atoms with van der Waals surface area (Å²) in [6, 6.07) is 6.76. The molecule has 0 aliphatic rings. The summed E-state index contributed by atoms with van der Waals surface area (Å²) in [5, 5.41) is 0.00763. The number of alkyl halides is 6. The lowest BCUT2D eigenvalue weighted by Crippen LogP contribution is -2.22. The number of hydrogen-bond acceptors (Lipinski definition) is 4. The van der Waals surface area contributed by atoms with E-state index < -0.39 is 52.0 Å². The monoisotopic (exact) mass is 519 g/mol. The van der Waals surface area contributed by atoms with E-state index in [1.807, 2.05) is 20.8 Å². The van der Waals surface area contributed by atoms with Gasteiger partial charge in [-0.05, 0) is 35.2 Å². The molecule has 2 rings (SSSR count). The average Bonchev–Trinajstić information content (AvgIpc) is 2.64. The molecule has 184 valence electrons. The van der Waals surface area contributed by atoms with Crippen LogP contribution in [-0.2, 0) is 15.4 Å². The van der Waals surface area contributed by atoms with Crippen LogP contribution < -0.4 is 14.2 Å². The molecule has 0 aliphatic heterocycles. The molecule has 33 heavy (non-hydrogen) atoms. The molecule has 2 aromatic rings. The van der Waals surface area contributed by atoms with Crippen LogP contribution in [0.25, 0.3) is 0 Å². The van der Waals surface area contributed by atoms with Gasteiger partial charge in [0.25, 0.3) is 10.0 Å². The standard InChI is InChI=1S/C20H20ClF6NO4S/c1-18(2,3)12-4-6-15(14(21)8-12)28-33(29,30)17-9-13(31-10-19(22,23)24)5-7-16(17)32-11-20(25,26)27/h4-9,28H,10-11H2,1-3H3. The Hall–Kier alpha value is -2.34. The van der Waals surface area contributed by atoms with Crippen LogP contribution >= 0.6 is 11.6 Å². The molecule has 5 nitrogen and oxygen atoms in total. The van der Waals surface area contributed by atoms with Crippen molar-refractivity contribution >= 4 is 27.3 Å². The molecule has 1 N–H and O–H groups in total. The maximum Gasteiger partial charge on any atom is 0.422 e. The number of nitrogens with one attached hydrogen (secondary N) is 1. The van der Waals surface area contributed by atoms with Crippen molar-refractivity contribution in [3.8, 4) is 11.5 Å². The molecule has 0 fully saturated rings. The van der Waals surface area contributed by atoms with Gasteiger partial charge in [0.05, 0.1) is 10.7 Å². The molecule has 0 spiro atoms. The van der Waals surface area contributed by atoms with Crippen LogP contribution in [0.4, 0.5) is 32.0 Å². The van der Waals surface area contributed by atoms with E-state index in [1.165, 1.54) is 12.1 Å². The highest BCUT2D eigenvalue weighted by molar-refractivity contribution is 7.92. The second-order valence-corrected chi connectivity index (χ2v) is 10.0. The van der Waals surface area contributed by atoms with E-state index in [9.17, 15) is 34.8 Å². The summed E-state index contributed by atoms with van der Waals surface area (Å²) < 4.78 is 112. The largest absolute Gasteiger partial charge is 0.484 e. The summed E-state index contributed by atoms with van der Waals surface area (Å²) in [6.07, 6.45) is -9.50. The molecule has 0 aliphatic carbocycles. The van der Waals surface area contributed by atoms with Crippen molar-refractivity contribution in [1.82, 2.24) is 0 Å². The molecule has 0 atom stereocenters. The SMILES string of the molecule is CC(C)(C)c1ccc(NS(=O)(=O)c2cc(OCC(F)(F)F)ccc2OCC(F)(F)F)c(Cl)c1. The number of anilines is 1. The van der Waals surface area contributed by atoms with Crippen LogP contribution in [0.5, 0.6) is 11.5 Å². The van der Waals surface area contributed by atoms with Crippen molar-refractivity contribution in [3.63, 3.8) is 0 Å². The van der Waals surface area contributed by atoms with Gasteiger partial charge in [0.2, 0.25) is 0 Å². The van der Waals surface area contributed by atoms with Gasteiger partial charge in [0.15, 0.2) is 13.2 Å². The van der Waals surface area contributed by atoms with Gasteiger partial charge in [-0.1, -0.05) is 38.4 Å². The number of rotatable bonds is 7. The third kappa shape index (κ3) is 8.18. The minimum absolute atomic E-state index is 0.00763.